The number of pyridine rings is 1. The molecule has 1 heterocycles. The molecular weight excluding hydrogens is 278 g/mol. The second-order valence-electron chi connectivity index (χ2n) is 4.76. The zero-order valence-electron chi connectivity index (χ0n) is 11.7. The van der Waals surface area contributed by atoms with Gasteiger partial charge in [-0.2, -0.15) is 0 Å². The molecule has 0 unspecified atom stereocenters. The number of methoxy groups -OCH3 is 1. The summed E-state index contributed by atoms with van der Waals surface area (Å²) in [7, 11) is 1.23. The standard InChI is InChI=1S/C13H17N3O5/c1-20-13(17)10-4-5-11(16(18)19)12(15-10)14-6-7-21-8-9-2-3-9/h4-5,9H,2-3,6-8H2,1H3,(H,14,15). The molecule has 8 heteroatoms. The fourth-order valence-electron chi connectivity index (χ4n) is 1.72. The summed E-state index contributed by atoms with van der Waals surface area (Å²) >= 11 is 0. The third-order valence-electron chi connectivity index (χ3n) is 3.05. The summed E-state index contributed by atoms with van der Waals surface area (Å²) in [6.07, 6.45) is 2.42. The van der Waals surface area contributed by atoms with Gasteiger partial charge in [-0.25, -0.2) is 9.78 Å². The minimum Gasteiger partial charge on any atom is -0.464 e. The molecule has 114 valence electrons. The molecule has 0 spiro atoms. The molecule has 1 aliphatic rings. The summed E-state index contributed by atoms with van der Waals surface area (Å²) < 4.78 is 9.97. The normalized spacial score (nSPS) is 13.8. The van der Waals surface area contributed by atoms with Crippen LogP contribution in [0.25, 0.3) is 0 Å². The van der Waals surface area contributed by atoms with E-state index in [1.165, 1.54) is 32.1 Å². The van der Waals surface area contributed by atoms with E-state index in [0.717, 1.165) is 6.61 Å². The smallest absolute Gasteiger partial charge is 0.356 e. The first kappa shape index (κ1) is 15.2. The van der Waals surface area contributed by atoms with Crippen molar-refractivity contribution >= 4 is 17.5 Å². The molecule has 21 heavy (non-hydrogen) atoms. The van der Waals surface area contributed by atoms with E-state index in [2.05, 4.69) is 15.0 Å². The van der Waals surface area contributed by atoms with E-state index >= 15 is 0 Å². The molecule has 1 aromatic heterocycles. The predicted octanol–water partition coefficient (Wildman–Crippen LogP) is 1.61. The molecule has 0 amide bonds. The third kappa shape index (κ3) is 4.38. The quantitative estimate of drug-likeness (QED) is 0.336. The number of carbonyl (C=O) groups excluding carboxylic acids is 1. The molecule has 1 N–H and O–H groups in total. The lowest BCUT2D eigenvalue weighted by Gasteiger charge is -2.08. The Hall–Kier alpha value is -2.22. The van der Waals surface area contributed by atoms with Gasteiger partial charge >= 0.3 is 11.7 Å². The fraction of sp³-hybridized carbons (Fsp3) is 0.538. The number of esters is 1. The van der Waals surface area contributed by atoms with E-state index in [4.69, 9.17) is 4.74 Å². The van der Waals surface area contributed by atoms with Crippen molar-refractivity contribution in [2.45, 2.75) is 12.8 Å². The number of aromatic nitrogens is 1. The SMILES string of the molecule is COC(=O)c1ccc([N+](=O)[O-])c(NCCOCC2CC2)n1. The number of rotatable bonds is 8. The van der Waals surface area contributed by atoms with E-state index in [9.17, 15) is 14.9 Å². The average Bonchev–Trinajstić information content (AvgIpc) is 3.29. The maximum atomic E-state index is 11.4. The lowest BCUT2D eigenvalue weighted by Crippen LogP contribution is -2.14. The molecule has 0 bridgehead atoms. The highest BCUT2D eigenvalue weighted by Gasteiger charge is 2.21. The Morgan fingerprint density at radius 2 is 2.29 bits per heavy atom. The second kappa shape index (κ2) is 6.98. The monoisotopic (exact) mass is 295 g/mol. The van der Waals surface area contributed by atoms with Crippen molar-refractivity contribution < 1.29 is 19.2 Å². The number of nitrogens with zero attached hydrogens (tertiary/aromatic N) is 2. The molecule has 1 saturated carbocycles. The zero-order chi connectivity index (χ0) is 15.2. The summed E-state index contributed by atoms with van der Waals surface area (Å²) in [6, 6.07) is 2.49. The zero-order valence-corrected chi connectivity index (χ0v) is 11.7. The lowest BCUT2D eigenvalue weighted by atomic mass is 10.3. The topological polar surface area (TPSA) is 104 Å². The second-order valence-corrected chi connectivity index (χ2v) is 4.76. The molecule has 0 atom stereocenters. The van der Waals surface area contributed by atoms with Crippen LogP contribution in [0, 0.1) is 16.0 Å². The maximum Gasteiger partial charge on any atom is 0.356 e. The number of hydrogen-bond donors (Lipinski definition) is 1. The van der Waals surface area contributed by atoms with Crippen LogP contribution in [0.4, 0.5) is 11.5 Å². The van der Waals surface area contributed by atoms with Crippen LogP contribution in [-0.2, 0) is 9.47 Å². The first-order valence-electron chi connectivity index (χ1n) is 6.67. The van der Waals surface area contributed by atoms with Crippen molar-refractivity contribution in [1.82, 2.24) is 4.98 Å². The Kier molecular flexibility index (Phi) is 5.04. The van der Waals surface area contributed by atoms with Gasteiger partial charge in [-0.15, -0.1) is 0 Å². The van der Waals surface area contributed by atoms with Crippen LogP contribution in [-0.4, -0.2) is 42.7 Å². The highest BCUT2D eigenvalue weighted by Crippen LogP contribution is 2.28. The first-order chi connectivity index (χ1) is 10.1. The van der Waals surface area contributed by atoms with Gasteiger partial charge in [0.1, 0.15) is 0 Å². The largest absolute Gasteiger partial charge is 0.464 e. The van der Waals surface area contributed by atoms with Gasteiger partial charge in [0, 0.05) is 19.2 Å². The summed E-state index contributed by atoms with van der Waals surface area (Å²) in [4.78, 5) is 25.7. The number of ether oxygens (including phenoxy) is 2. The molecule has 0 radical (unpaired) electrons. The molecular formula is C13H17N3O5. The molecule has 2 rings (SSSR count). The van der Waals surface area contributed by atoms with Gasteiger partial charge in [-0.3, -0.25) is 10.1 Å². The maximum absolute atomic E-state index is 11.4. The van der Waals surface area contributed by atoms with Crippen molar-refractivity contribution in [3.8, 4) is 0 Å². The first-order valence-corrected chi connectivity index (χ1v) is 6.67. The van der Waals surface area contributed by atoms with E-state index in [1.54, 1.807) is 0 Å². The number of nitrogens with one attached hydrogen (secondary N) is 1. The van der Waals surface area contributed by atoms with Gasteiger partial charge in [-0.1, -0.05) is 0 Å². The Morgan fingerprint density at radius 3 is 2.90 bits per heavy atom. The summed E-state index contributed by atoms with van der Waals surface area (Å²) in [5, 5.41) is 13.8. The van der Waals surface area contributed by atoms with Crippen LogP contribution in [0.2, 0.25) is 0 Å². The third-order valence-corrected chi connectivity index (χ3v) is 3.05. The van der Waals surface area contributed by atoms with E-state index in [-0.39, 0.29) is 17.2 Å². The summed E-state index contributed by atoms with van der Waals surface area (Å²) in [5.74, 6) is 0.0657. The Labute approximate surface area is 121 Å². The van der Waals surface area contributed by atoms with Crippen molar-refractivity contribution in [3.05, 3.63) is 27.9 Å². The van der Waals surface area contributed by atoms with Crippen LogP contribution in [0.5, 0.6) is 0 Å². The fourth-order valence-corrected chi connectivity index (χ4v) is 1.72. The Morgan fingerprint density at radius 1 is 1.52 bits per heavy atom. The van der Waals surface area contributed by atoms with Gasteiger partial charge in [0.25, 0.3) is 0 Å². The Bertz CT molecular complexity index is 531. The van der Waals surface area contributed by atoms with Crippen LogP contribution in [0.15, 0.2) is 12.1 Å². The van der Waals surface area contributed by atoms with Crippen LogP contribution in [0.1, 0.15) is 23.3 Å². The molecule has 8 nitrogen and oxygen atoms in total. The van der Waals surface area contributed by atoms with Gasteiger partial charge in [0.15, 0.2) is 5.69 Å². The van der Waals surface area contributed by atoms with Gasteiger partial charge in [0.05, 0.1) is 18.6 Å². The van der Waals surface area contributed by atoms with E-state index in [0.29, 0.717) is 19.1 Å². The lowest BCUT2D eigenvalue weighted by molar-refractivity contribution is -0.384. The number of anilines is 1. The average molecular weight is 295 g/mol. The highest BCUT2D eigenvalue weighted by molar-refractivity contribution is 5.88. The van der Waals surface area contributed by atoms with E-state index in [1.807, 2.05) is 0 Å². The molecule has 0 aliphatic heterocycles. The van der Waals surface area contributed by atoms with Crippen LogP contribution < -0.4 is 5.32 Å². The molecule has 1 fully saturated rings. The summed E-state index contributed by atoms with van der Waals surface area (Å²) in [6.45, 7) is 1.53. The minimum atomic E-state index is -0.641. The van der Waals surface area contributed by atoms with Crippen molar-refractivity contribution in [2.75, 3.05) is 32.2 Å². The molecule has 1 aromatic rings. The minimum absolute atomic E-state index is 0.0181. The van der Waals surface area contributed by atoms with Crippen molar-refractivity contribution in [3.63, 3.8) is 0 Å². The molecule has 0 saturated heterocycles. The predicted molar refractivity (Wildman–Crippen MR) is 74.3 cm³/mol. The van der Waals surface area contributed by atoms with Gasteiger partial charge in [-0.05, 0) is 24.8 Å². The number of hydrogen-bond acceptors (Lipinski definition) is 7. The Balaban J connectivity index is 1.96. The van der Waals surface area contributed by atoms with Crippen molar-refractivity contribution in [2.24, 2.45) is 5.92 Å². The van der Waals surface area contributed by atoms with Crippen LogP contribution in [0.3, 0.4) is 0 Å². The van der Waals surface area contributed by atoms with Gasteiger partial charge < -0.3 is 14.8 Å². The highest BCUT2D eigenvalue weighted by atomic mass is 16.6. The number of nitro groups is 1. The molecule has 0 aromatic carbocycles. The van der Waals surface area contributed by atoms with Gasteiger partial charge in [0.2, 0.25) is 5.82 Å². The molecule has 1 aliphatic carbocycles. The van der Waals surface area contributed by atoms with E-state index < -0.39 is 10.9 Å². The number of carbonyl (C=O) groups is 1. The van der Waals surface area contributed by atoms with Crippen molar-refractivity contribution in [1.29, 1.82) is 0 Å². The van der Waals surface area contributed by atoms with Crippen LogP contribution >= 0.6 is 0 Å². The summed E-state index contributed by atoms with van der Waals surface area (Å²) in [5.41, 5.74) is -0.172.